The van der Waals surface area contributed by atoms with Gasteiger partial charge in [0, 0.05) is 0 Å². The van der Waals surface area contributed by atoms with Gasteiger partial charge in [0.1, 0.15) is 5.82 Å². The maximum atomic E-state index is 13.2. The highest BCUT2D eigenvalue weighted by atomic mass is 35.5. The van der Waals surface area contributed by atoms with Gasteiger partial charge in [0.2, 0.25) is 0 Å². The van der Waals surface area contributed by atoms with E-state index in [0.717, 1.165) is 12.1 Å². The van der Waals surface area contributed by atoms with Crippen LogP contribution in [0.25, 0.3) is 0 Å². The minimum atomic E-state index is -1.49. The van der Waals surface area contributed by atoms with E-state index in [1.807, 2.05) is 5.32 Å². The molecule has 0 aromatic heterocycles. The summed E-state index contributed by atoms with van der Waals surface area (Å²) in [6.07, 6.45) is 0. The molecule has 18 heavy (non-hydrogen) atoms. The van der Waals surface area contributed by atoms with Crippen LogP contribution in [0.4, 0.5) is 4.39 Å². The van der Waals surface area contributed by atoms with Gasteiger partial charge in [0.05, 0.1) is 22.2 Å². The number of aliphatic hydroxyl groups excluding tert-OH is 1. The quantitative estimate of drug-likeness (QED) is 0.731. The SMILES string of the molecule is O=C(NC(CO)C(=O)O)c1cc(F)c(Cl)cc1Cl. The Balaban J connectivity index is 2.97. The van der Waals surface area contributed by atoms with Crippen molar-refractivity contribution in [2.24, 2.45) is 0 Å². The molecule has 0 heterocycles. The molecule has 0 aliphatic heterocycles. The highest BCUT2D eigenvalue weighted by Gasteiger charge is 2.21. The highest BCUT2D eigenvalue weighted by molar-refractivity contribution is 6.36. The van der Waals surface area contributed by atoms with Crippen molar-refractivity contribution in [2.45, 2.75) is 6.04 Å². The second kappa shape index (κ2) is 5.99. The molecule has 3 N–H and O–H groups in total. The van der Waals surface area contributed by atoms with Crippen LogP contribution in [0.1, 0.15) is 10.4 Å². The van der Waals surface area contributed by atoms with Crippen LogP contribution in [0.2, 0.25) is 10.0 Å². The summed E-state index contributed by atoms with van der Waals surface area (Å²) >= 11 is 11.1. The van der Waals surface area contributed by atoms with E-state index in [4.69, 9.17) is 33.4 Å². The first-order valence-corrected chi connectivity index (χ1v) is 5.41. The maximum absolute atomic E-state index is 13.2. The lowest BCUT2D eigenvalue weighted by Gasteiger charge is -2.12. The third kappa shape index (κ3) is 3.32. The Bertz CT molecular complexity index is 495. The second-order valence-electron chi connectivity index (χ2n) is 3.29. The normalized spacial score (nSPS) is 12.0. The molecular weight excluding hydrogens is 288 g/mol. The molecule has 0 aliphatic rings. The smallest absolute Gasteiger partial charge is 0.328 e. The van der Waals surface area contributed by atoms with E-state index in [-0.39, 0.29) is 15.6 Å². The summed E-state index contributed by atoms with van der Waals surface area (Å²) in [6, 6.07) is 0.325. The van der Waals surface area contributed by atoms with Crippen LogP contribution in [-0.2, 0) is 4.79 Å². The van der Waals surface area contributed by atoms with E-state index < -0.39 is 30.3 Å². The van der Waals surface area contributed by atoms with Crippen molar-refractivity contribution in [3.8, 4) is 0 Å². The first-order valence-electron chi connectivity index (χ1n) is 4.66. The molecule has 1 aromatic rings. The van der Waals surface area contributed by atoms with Crippen molar-refractivity contribution in [2.75, 3.05) is 6.61 Å². The average molecular weight is 296 g/mol. The molecule has 8 heteroatoms. The molecule has 0 spiro atoms. The Labute approximate surface area is 111 Å². The standard InChI is InChI=1S/C10H8Cl2FNO4/c11-5-2-6(12)7(13)1-4(5)9(16)14-8(3-15)10(17)18/h1-2,8,15H,3H2,(H,14,16)(H,17,18). The van der Waals surface area contributed by atoms with Crippen LogP contribution in [0.5, 0.6) is 0 Å². The van der Waals surface area contributed by atoms with Crippen molar-refractivity contribution in [3.63, 3.8) is 0 Å². The predicted octanol–water partition coefficient (Wildman–Crippen LogP) is 1.31. The first-order chi connectivity index (χ1) is 8.36. The molecule has 0 fully saturated rings. The molecule has 1 atom stereocenters. The molecule has 0 saturated heterocycles. The largest absolute Gasteiger partial charge is 0.480 e. The lowest BCUT2D eigenvalue weighted by atomic mass is 10.2. The topological polar surface area (TPSA) is 86.6 Å². The average Bonchev–Trinajstić information content (AvgIpc) is 2.29. The van der Waals surface area contributed by atoms with Crippen LogP contribution in [-0.4, -0.2) is 34.7 Å². The Morgan fingerprint density at radius 1 is 1.33 bits per heavy atom. The van der Waals surface area contributed by atoms with Gasteiger partial charge in [-0.15, -0.1) is 0 Å². The number of carbonyl (C=O) groups excluding carboxylic acids is 1. The minimum absolute atomic E-state index is 0.124. The summed E-state index contributed by atoms with van der Waals surface area (Å²) in [5.74, 6) is -3.20. The van der Waals surface area contributed by atoms with E-state index in [1.54, 1.807) is 0 Å². The van der Waals surface area contributed by atoms with Gasteiger partial charge in [-0.2, -0.15) is 0 Å². The number of aliphatic hydroxyl groups is 1. The number of nitrogens with one attached hydrogen (secondary N) is 1. The fourth-order valence-corrected chi connectivity index (χ4v) is 1.59. The number of rotatable bonds is 4. The first kappa shape index (κ1) is 14.7. The number of hydrogen-bond donors (Lipinski definition) is 3. The van der Waals surface area contributed by atoms with E-state index in [1.165, 1.54) is 0 Å². The van der Waals surface area contributed by atoms with E-state index in [0.29, 0.717) is 0 Å². The number of carboxylic acids is 1. The number of carbonyl (C=O) groups is 2. The second-order valence-corrected chi connectivity index (χ2v) is 4.11. The van der Waals surface area contributed by atoms with E-state index in [2.05, 4.69) is 0 Å². The maximum Gasteiger partial charge on any atom is 0.328 e. The molecule has 1 amide bonds. The zero-order valence-corrected chi connectivity index (χ0v) is 10.3. The molecule has 5 nitrogen and oxygen atoms in total. The third-order valence-corrected chi connectivity index (χ3v) is 2.64. The Morgan fingerprint density at radius 3 is 2.44 bits per heavy atom. The molecule has 98 valence electrons. The van der Waals surface area contributed by atoms with Crippen molar-refractivity contribution >= 4 is 35.1 Å². The third-order valence-electron chi connectivity index (χ3n) is 2.04. The monoisotopic (exact) mass is 295 g/mol. The van der Waals surface area contributed by atoms with Gasteiger partial charge in [-0.3, -0.25) is 4.79 Å². The molecular formula is C10H8Cl2FNO4. The van der Waals surface area contributed by atoms with Crippen molar-refractivity contribution < 1.29 is 24.2 Å². The highest BCUT2D eigenvalue weighted by Crippen LogP contribution is 2.24. The Hall–Kier alpha value is -1.37. The van der Waals surface area contributed by atoms with Gasteiger partial charge >= 0.3 is 5.97 Å². The lowest BCUT2D eigenvalue weighted by Crippen LogP contribution is -2.43. The number of amides is 1. The summed E-state index contributed by atoms with van der Waals surface area (Å²) in [7, 11) is 0. The summed E-state index contributed by atoms with van der Waals surface area (Å²) in [5.41, 5.74) is -0.265. The number of benzene rings is 1. The zero-order chi connectivity index (χ0) is 13.9. The van der Waals surface area contributed by atoms with Crippen molar-refractivity contribution in [1.82, 2.24) is 5.32 Å². The minimum Gasteiger partial charge on any atom is -0.480 e. The molecule has 0 radical (unpaired) electrons. The molecule has 1 rings (SSSR count). The van der Waals surface area contributed by atoms with Gasteiger partial charge in [-0.25, -0.2) is 9.18 Å². The van der Waals surface area contributed by atoms with Crippen LogP contribution in [0.3, 0.4) is 0 Å². The number of carboxylic acid groups (broad SMARTS) is 1. The van der Waals surface area contributed by atoms with Crippen LogP contribution in [0.15, 0.2) is 12.1 Å². The summed E-state index contributed by atoms with van der Waals surface area (Å²) in [4.78, 5) is 22.2. The Kier molecular flexibility index (Phi) is 4.89. The molecule has 0 bridgehead atoms. The van der Waals surface area contributed by atoms with Crippen molar-refractivity contribution in [1.29, 1.82) is 0 Å². The van der Waals surface area contributed by atoms with Gasteiger partial charge in [-0.05, 0) is 12.1 Å². The van der Waals surface area contributed by atoms with Crippen LogP contribution in [0, 0.1) is 5.82 Å². The Morgan fingerprint density at radius 2 is 1.94 bits per heavy atom. The fraction of sp³-hybridized carbons (Fsp3) is 0.200. The lowest BCUT2D eigenvalue weighted by molar-refractivity contribution is -0.140. The zero-order valence-electron chi connectivity index (χ0n) is 8.78. The van der Waals surface area contributed by atoms with Crippen LogP contribution >= 0.6 is 23.2 Å². The van der Waals surface area contributed by atoms with Crippen LogP contribution < -0.4 is 5.32 Å². The molecule has 0 saturated carbocycles. The van der Waals surface area contributed by atoms with E-state index >= 15 is 0 Å². The molecule has 1 aromatic carbocycles. The van der Waals surface area contributed by atoms with Gasteiger partial charge in [0.25, 0.3) is 5.91 Å². The fourth-order valence-electron chi connectivity index (χ4n) is 1.12. The van der Waals surface area contributed by atoms with E-state index in [9.17, 15) is 14.0 Å². The number of aliphatic carboxylic acids is 1. The number of hydrogen-bond acceptors (Lipinski definition) is 3. The summed E-state index contributed by atoms with van der Waals surface area (Å²) < 4.78 is 13.2. The summed E-state index contributed by atoms with van der Waals surface area (Å²) in [5, 5.41) is 19.0. The van der Waals surface area contributed by atoms with Gasteiger partial charge < -0.3 is 15.5 Å². The molecule has 0 aliphatic carbocycles. The van der Waals surface area contributed by atoms with Gasteiger partial charge in [0.15, 0.2) is 6.04 Å². The summed E-state index contributed by atoms with van der Waals surface area (Å²) in [6.45, 7) is -0.797. The molecule has 1 unspecified atom stereocenters. The predicted molar refractivity (Wildman–Crippen MR) is 62.4 cm³/mol. The number of halogens is 3. The van der Waals surface area contributed by atoms with Gasteiger partial charge in [-0.1, -0.05) is 23.2 Å². The van der Waals surface area contributed by atoms with Crippen molar-refractivity contribution in [3.05, 3.63) is 33.6 Å².